The molecule has 2 aromatic carbocycles. The summed E-state index contributed by atoms with van der Waals surface area (Å²) in [5.41, 5.74) is 2.65. The number of hydrogen-bond donors (Lipinski definition) is 1. The normalized spacial score (nSPS) is 11.4. The number of ether oxygens (including phenoxy) is 1. The molecule has 0 aromatic heterocycles. The molecule has 27 heavy (non-hydrogen) atoms. The fourth-order valence-electron chi connectivity index (χ4n) is 2.60. The van der Waals surface area contributed by atoms with Crippen LogP contribution in [0.4, 0.5) is 5.69 Å². The summed E-state index contributed by atoms with van der Waals surface area (Å²) >= 11 is 0. The van der Waals surface area contributed by atoms with Crippen LogP contribution in [0.2, 0.25) is 0 Å². The highest BCUT2D eigenvalue weighted by atomic mass is 32.2. The van der Waals surface area contributed by atoms with Gasteiger partial charge in [0.15, 0.2) is 6.61 Å². The number of amides is 1. The third kappa shape index (κ3) is 5.30. The first-order chi connectivity index (χ1) is 12.8. The number of carbonyl (C=O) groups is 1. The van der Waals surface area contributed by atoms with E-state index in [-0.39, 0.29) is 17.4 Å². The van der Waals surface area contributed by atoms with E-state index in [9.17, 15) is 13.2 Å². The lowest BCUT2D eigenvalue weighted by molar-refractivity contribution is -0.118. The second-order valence-corrected chi connectivity index (χ2v) is 8.14. The Morgan fingerprint density at radius 2 is 1.74 bits per heavy atom. The van der Waals surface area contributed by atoms with E-state index < -0.39 is 10.0 Å². The lowest BCUT2D eigenvalue weighted by Crippen LogP contribution is -2.30. The van der Waals surface area contributed by atoms with Crippen LogP contribution in [0.1, 0.15) is 25.0 Å². The van der Waals surface area contributed by atoms with Gasteiger partial charge < -0.3 is 10.1 Å². The van der Waals surface area contributed by atoms with Crippen LogP contribution in [-0.2, 0) is 14.8 Å². The highest BCUT2D eigenvalue weighted by Gasteiger charge is 2.21. The van der Waals surface area contributed by atoms with Gasteiger partial charge in [0, 0.05) is 18.8 Å². The van der Waals surface area contributed by atoms with Gasteiger partial charge in [0.25, 0.3) is 5.91 Å². The zero-order valence-corrected chi connectivity index (χ0v) is 17.0. The van der Waals surface area contributed by atoms with Crippen molar-refractivity contribution in [2.24, 2.45) is 0 Å². The minimum atomic E-state index is -3.57. The van der Waals surface area contributed by atoms with Gasteiger partial charge in [-0.05, 0) is 55.3 Å². The van der Waals surface area contributed by atoms with Gasteiger partial charge in [-0.3, -0.25) is 4.79 Å². The highest BCUT2D eigenvalue weighted by molar-refractivity contribution is 7.89. The summed E-state index contributed by atoms with van der Waals surface area (Å²) in [6, 6.07) is 11.9. The molecular formula is C20H26N2O4S. The van der Waals surface area contributed by atoms with Gasteiger partial charge in [0.1, 0.15) is 5.75 Å². The smallest absolute Gasteiger partial charge is 0.262 e. The SMILES string of the molecule is CCN(CC)S(=O)(=O)c1cccc(NC(=O)COc2ccc(C)c(C)c2)c1. The summed E-state index contributed by atoms with van der Waals surface area (Å²) in [7, 11) is -3.57. The van der Waals surface area contributed by atoms with Crippen molar-refractivity contribution in [3.8, 4) is 5.75 Å². The van der Waals surface area contributed by atoms with E-state index in [1.165, 1.54) is 16.4 Å². The molecule has 0 saturated carbocycles. The molecule has 2 rings (SSSR count). The lowest BCUT2D eigenvalue weighted by Gasteiger charge is -2.18. The molecule has 0 bridgehead atoms. The molecule has 6 nitrogen and oxygen atoms in total. The molecule has 1 N–H and O–H groups in total. The Bertz CT molecular complexity index is 906. The van der Waals surface area contributed by atoms with E-state index in [2.05, 4.69) is 5.32 Å². The quantitative estimate of drug-likeness (QED) is 0.750. The fraction of sp³-hybridized carbons (Fsp3) is 0.350. The van der Waals surface area contributed by atoms with Crippen LogP contribution in [0, 0.1) is 13.8 Å². The Hall–Kier alpha value is -2.38. The van der Waals surface area contributed by atoms with Gasteiger partial charge in [-0.1, -0.05) is 26.0 Å². The first-order valence-corrected chi connectivity index (χ1v) is 10.3. The fourth-order valence-corrected chi connectivity index (χ4v) is 4.10. The van der Waals surface area contributed by atoms with E-state index in [1.54, 1.807) is 26.0 Å². The molecule has 0 spiro atoms. The van der Waals surface area contributed by atoms with Gasteiger partial charge in [-0.15, -0.1) is 0 Å². The largest absolute Gasteiger partial charge is 0.484 e. The number of nitrogens with zero attached hydrogens (tertiary/aromatic N) is 1. The van der Waals surface area contributed by atoms with Crippen molar-refractivity contribution in [3.63, 3.8) is 0 Å². The highest BCUT2D eigenvalue weighted by Crippen LogP contribution is 2.20. The average molecular weight is 391 g/mol. The number of nitrogens with one attached hydrogen (secondary N) is 1. The summed E-state index contributed by atoms with van der Waals surface area (Å²) in [5.74, 6) is 0.261. The van der Waals surface area contributed by atoms with Crippen molar-refractivity contribution in [2.75, 3.05) is 25.0 Å². The first-order valence-electron chi connectivity index (χ1n) is 8.88. The number of aryl methyl sites for hydroxylation is 2. The van der Waals surface area contributed by atoms with Crippen molar-refractivity contribution in [1.29, 1.82) is 0 Å². The molecule has 0 atom stereocenters. The molecule has 146 valence electrons. The maximum absolute atomic E-state index is 12.6. The monoisotopic (exact) mass is 390 g/mol. The number of rotatable bonds is 8. The number of anilines is 1. The second kappa shape index (κ2) is 9.01. The van der Waals surface area contributed by atoms with Crippen LogP contribution in [0.25, 0.3) is 0 Å². The molecule has 0 fully saturated rings. The molecule has 0 heterocycles. The molecule has 2 aromatic rings. The van der Waals surface area contributed by atoms with Crippen LogP contribution >= 0.6 is 0 Å². The summed E-state index contributed by atoms with van der Waals surface area (Å²) in [6.07, 6.45) is 0. The predicted octanol–water partition coefficient (Wildman–Crippen LogP) is 3.35. The Balaban J connectivity index is 2.05. The van der Waals surface area contributed by atoms with Crippen molar-refractivity contribution >= 4 is 21.6 Å². The van der Waals surface area contributed by atoms with Crippen LogP contribution in [0.15, 0.2) is 47.4 Å². The van der Waals surface area contributed by atoms with Crippen molar-refractivity contribution in [3.05, 3.63) is 53.6 Å². The Kier molecular flexibility index (Phi) is 6.98. The minimum Gasteiger partial charge on any atom is -0.484 e. The summed E-state index contributed by atoms with van der Waals surface area (Å²) in [6.45, 7) is 8.18. The molecule has 0 radical (unpaired) electrons. The predicted molar refractivity (Wildman–Crippen MR) is 107 cm³/mol. The van der Waals surface area contributed by atoms with E-state index in [4.69, 9.17) is 4.74 Å². The molecule has 0 aliphatic carbocycles. The average Bonchev–Trinajstić information content (AvgIpc) is 2.64. The van der Waals surface area contributed by atoms with Crippen LogP contribution in [0.3, 0.4) is 0 Å². The first kappa shape index (κ1) is 20.9. The van der Waals surface area contributed by atoms with Crippen molar-refractivity contribution in [2.45, 2.75) is 32.6 Å². The summed E-state index contributed by atoms with van der Waals surface area (Å²) in [4.78, 5) is 12.3. The van der Waals surface area contributed by atoms with Gasteiger partial charge >= 0.3 is 0 Å². The van der Waals surface area contributed by atoms with Gasteiger partial charge in [0.2, 0.25) is 10.0 Å². The zero-order valence-electron chi connectivity index (χ0n) is 16.2. The van der Waals surface area contributed by atoms with Gasteiger partial charge in [0.05, 0.1) is 4.90 Å². The lowest BCUT2D eigenvalue weighted by atomic mass is 10.1. The third-order valence-electron chi connectivity index (χ3n) is 4.31. The van der Waals surface area contributed by atoms with Crippen LogP contribution < -0.4 is 10.1 Å². The molecule has 0 saturated heterocycles. The molecule has 0 aliphatic rings. The molecule has 0 unspecified atom stereocenters. The maximum Gasteiger partial charge on any atom is 0.262 e. The zero-order chi connectivity index (χ0) is 20.0. The van der Waals surface area contributed by atoms with E-state index in [0.29, 0.717) is 24.5 Å². The minimum absolute atomic E-state index is 0.152. The molecule has 7 heteroatoms. The molecular weight excluding hydrogens is 364 g/mol. The van der Waals surface area contributed by atoms with E-state index in [0.717, 1.165) is 11.1 Å². The topological polar surface area (TPSA) is 75.7 Å². The molecule has 1 amide bonds. The van der Waals surface area contributed by atoms with Crippen LogP contribution in [0.5, 0.6) is 5.75 Å². The van der Waals surface area contributed by atoms with E-state index in [1.807, 2.05) is 32.0 Å². The Labute approximate surface area is 161 Å². The maximum atomic E-state index is 12.6. The number of hydrogen-bond acceptors (Lipinski definition) is 4. The third-order valence-corrected chi connectivity index (χ3v) is 6.36. The van der Waals surface area contributed by atoms with Gasteiger partial charge in [-0.2, -0.15) is 4.31 Å². The Morgan fingerprint density at radius 3 is 2.37 bits per heavy atom. The van der Waals surface area contributed by atoms with Crippen LogP contribution in [-0.4, -0.2) is 38.3 Å². The number of sulfonamides is 1. The van der Waals surface area contributed by atoms with E-state index >= 15 is 0 Å². The number of carbonyl (C=O) groups excluding carboxylic acids is 1. The van der Waals surface area contributed by atoms with Crippen molar-refractivity contribution in [1.82, 2.24) is 4.31 Å². The summed E-state index contributed by atoms with van der Waals surface area (Å²) in [5, 5.41) is 2.68. The standard InChI is InChI=1S/C20H26N2O4S/c1-5-22(6-2)27(24,25)19-9-7-8-17(13-19)21-20(23)14-26-18-11-10-15(3)16(4)12-18/h7-13H,5-6,14H2,1-4H3,(H,21,23). The van der Waals surface area contributed by atoms with Gasteiger partial charge in [-0.25, -0.2) is 8.42 Å². The molecule has 0 aliphatic heterocycles. The summed E-state index contributed by atoms with van der Waals surface area (Å²) < 4.78 is 32.1. The van der Waals surface area contributed by atoms with Crippen molar-refractivity contribution < 1.29 is 17.9 Å². The number of benzene rings is 2. The Morgan fingerprint density at radius 1 is 1.04 bits per heavy atom. The second-order valence-electron chi connectivity index (χ2n) is 6.20.